The Morgan fingerprint density at radius 3 is 2.88 bits per heavy atom. The quantitative estimate of drug-likeness (QED) is 0.776. The fourth-order valence-electron chi connectivity index (χ4n) is 3.38. The number of nitrogens with zero attached hydrogens (tertiary/aromatic N) is 3. The number of fused-ring (bicyclic) bond motifs is 4. The maximum absolute atomic E-state index is 12.6. The molecule has 0 unspecified atom stereocenters. The van der Waals surface area contributed by atoms with E-state index in [9.17, 15) is 14.4 Å². The van der Waals surface area contributed by atoms with Crippen molar-refractivity contribution in [3.63, 3.8) is 0 Å². The van der Waals surface area contributed by atoms with Gasteiger partial charge >= 0.3 is 5.97 Å². The Kier molecular flexibility index (Phi) is 3.12. The van der Waals surface area contributed by atoms with Gasteiger partial charge in [0.25, 0.3) is 5.91 Å². The normalized spacial score (nSPS) is 20.6. The summed E-state index contributed by atoms with van der Waals surface area (Å²) < 4.78 is 0. The Balaban J connectivity index is 1.71. The number of carboxylic acids is 1. The lowest BCUT2D eigenvalue weighted by Gasteiger charge is -2.40. The lowest BCUT2D eigenvalue weighted by atomic mass is 9.94. The van der Waals surface area contributed by atoms with Crippen molar-refractivity contribution in [2.75, 3.05) is 6.54 Å². The molecule has 2 aliphatic rings. The number of H-pyrrole nitrogens is 1. The van der Waals surface area contributed by atoms with Gasteiger partial charge in [-0.15, -0.1) is 0 Å². The van der Waals surface area contributed by atoms with Crippen LogP contribution in [0.3, 0.4) is 0 Å². The molecule has 8 nitrogen and oxygen atoms in total. The molecule has 1 fully saturated rings. The van der Waals surface area contributed by atoms with Crippen LogP contribution in [0.25, 0.3) is 10.9 Å². The predicted octanol–water partition coefficient (Wildman–Crippen LogP) is 0.334. The second-order valence-corrected chi connectivity index (χ2v) is 5.85. The number of aliphatic carboxylic acids is 1. The molecule has 2 aliphatic heterocycles. The first-order valence-corrected chi connectivity index (χ1v) is 7.51. The zero-order valence-corrected chi connectivity index (χ0v) is 12.6. The van der Waals surface area contributed by atoms with Crippen LogP contribution >= 0.6 is 0 Å². The van der Waals surface area contributed by atoms with E-state index in [4.69, 9.17) is 5.11 Å². The summed E-state index contributed by atoms with van der Waals surface area (Å²) in [7, 11) is 0. The third kappa shape index (κ3) is 2.15. The van der Waals surface area contributed by atoms with Crippen LogP contribution < -0.4 is 0 Å². The number of rotatable bonds is 2. The number of carboxylic acid groups (broad SMARTS) is 1. The van der Waals surface area contributed by atoms with Gasteiger partial charge < -0.3 is 15.0 Å². The third-order valence-corrected chi connectivity index (χ3v) is 4.46. The van der Waals surface area contributed by atoms with Crippen molar-refractivity contribution in [2.24, 2.45) is 5.10 Å². The Labute approximate surface area is 136 Å². The lowest BCUT2D eigenvalue weighted by molar-refractivity contribution is -0.157. The Morgan fingerprint density at radius 1 is 1.29 bits per heavy atom. The van der Waals surface area contributed by atoms with Crippen molar-refractivity contribution in [2.45, 2.75) is 19.0 Å². The van der Waals surface area contributed by atoms with Crippen molar-refractivity contribution >= 4 is 34.9 Å². The summed E-state index contributed by atoms with van der Waals surface area (Å²) in [5.74, 6) is -1.87. The maximum atomic E-state index is 12.6. The molecule has 1 atom stereocenters. The third-order valence-electron chi connectivity index (χ3n) is 4.46. The van der Waals surface area contributed by atoms with E-state index in [-0.39, 0.29) is 18.4 Å². The molecule has 1 aromatic heterocycles. The van der Waals surface area contributed by atoms with Crippen molar-refractivity contribution in [3.05, 3.63) is 35.5 Å². The van der Waals surface area contributed by atoms with Crippen molar-refractivity contribution < 1.29 is 19.5 Å². The summed E-state index contributed by atoms with van der Waals surface area (Å²) in [6, 6.07) is 7.15. The van der Waals surface area contributed by atoms with Crippen molar-refractivity contribution in [1.29, 1.82) is 0 Å². The molecule has 1 aromatic carbocycles. The van der Waals surface area contributed by atoms with Crippen LogP contribution in [0.1, 0.15) is 11.3 Å². The van der Waals surface area contributed by atoms with Crippen molar-refractivity contribution in [3.8, 4) is 0 Å². The molecular formula is C16H14N4O4. The number of nitrogens with one attached hydrogen (secondary N) is 1. The van der Waals surface area contributed by atoms with Crippen LogP contribution in [0.2, 0.25) is 0 Å². The van der Waals surface area contributed by atoms with Crippen LogP contribution in [0.5, 0.6) is 0 Å². The molecule has 0 bridgehead atoms. The van der Waals surface area contributed by atoms with E-state index in [1.54, 1.807) is 0 Å². The molecule has 2 N–H and O–H groups in total. The number of amides is 2. The molecule has 24 heavy (non-hydrogen) atoms. The highest BCUT2D eigenvalue weighted by Gasteiger charge is 2.43. The fraction of sp³-hybridized carbons (Fsp3) is 0.250. The molecule has 1 saturated heterocycles. The summed E-state index contributed by atoms with van der Waals surface area (Å²) in [6.07, 6.45) is 1.02. The predicted molar refractivity (Wildman–Crippen MR) is 84.2 cm³/mol. The van der Waals surface area contributed by atoms with Gasteiger partial charge in [0.15, 0.2) is 0 Å². The molecule has 4 rings (SSSR count). The number of piperazine rings is 1. The monoisotopic (exact) mass is 326 g/mol. The minimum atomic E-state index is -1.26. The number of para-hydroxylation sites is 1. The number of hydrazone groups is 1. The van der Waals surface area contributed by atoms with E-state index in [1.165, 1.54) is 4.90 Å². The van der Waals surface area contributed by atoms with E-state index < -0.39 is 12.0 Å². The van der Waals surface area contributed by atoms with Crippen LogP contribution in [0, 0.1) is 0 Å². The lowest BCUT2D eigenvalue weighted by Crippen LogP contribution is -2.60. The highest BCUT2D eigenvalue weighted by molar-refractivity contribution is 6.22. The van der Waals surface area contributed by atoms with Gasteiger partial charge in [0.1, 0.15) is 18.8 Å². The van der Waals surface area contributed by atoms with Crippen LogP contribution in [0.15, 0.2) is 29.4 Å². The molecule has 0 saturated carbocycles. The van der Waals surface area contributed by atoms with E-state index in [2.05, 4.69) is 10.1 Å². The summed E-state index contributed by atoms with van der Waals surface area (Å²) in [5.41, 5.74) is 2.94. The van der Waals surface area contributed by atoms with Crippen molar-refractivity contribution in [1.82, 2.24) is 14.9 Å². The first-order valence-electron chi connectivity index (χ1n) is 7.51. The molecular weight excluding hydrogens is 312 g/mol. The number of carbonyl (C=O) groups excluding carboxylic acids is 2. The number of carbonyl (C=O) groups is 3. The number of hydrogen-bond acceptors (Lipinski definition) is 4. The van der Waals surface area contributed by atoms with Crippen LogP contribution in [-0.2, 0) is 27.3 Å². The van der Waals surface area contributed by atoms with Crippen LogP contribution in [-0.4, -0.2) is 56.6 Å². The molecule has 2 amide bonds. The van der Waals surface area contributed by atoms with Gasteiger partial charge in [-0.05, 0) is 11.6 Å². The second kappa shape index (κ2) is 5.19. The first-order chi connectivity index (χ1) is 11.5. The molecule has 0 spiro atoms. The molecule has 0 aliphatic carbocycles. The minimum Gasteiger partial charge on any atom is -0.477 e. The summed E-state index contributed by atoms with van der Waals surface area (Å²) in [6.45, 7) is 0.102. The maximum Gasteiger partial charge on any atom is 0.348 e. The van der Waals surface area contributed by atoms with Gasteiger partial charge in [-0.3, -0.25) is 9.59 Å². The fourth-order valence-corrected chi connectivity index (χ4v) is 3.38. The van der Waals surface area contributed by atoms with E-state index in [1.807, 2.05) is 24.3 Å². The molecule has 0 radical (unpaired) electrons. The van der Waals surface area contributed by atoms with E-state index >= 15 is 0 Å². The van der Waals surface area contributed by atoms with Gasteiger partial charge in [0, 0.05) is 23.0 Å². The summed E-state index contributed by atoms with van der Waals surface area (Å²) >= 11 is 0. The zero-order valence-electron chi connectivity index (χ0n) is 12.6. The van der Waals surface area contributed by atoms with Gasteiger partial charge in [0.05, 0.1) is 6.54 Å². The molecule has 8 heteroatoms. The number of benzene rings is 1. The first kappa shape index (κ1) is 14.4. The highest BCUT2D eigenvalue weighted by Crippen LogP contribution is 2.32. The van der Waals surface area contributed by atoms with E-state index in [0.717, 1.165) is 27.2 Å². The topological polar surface area (TPSA) is 106 Å². The Hall–Kier alpha value is -3.16. The highest BCUT2D eigenvalue weighted by atomic mass is 16.4. The smallest absolute Gasteiger partial charge is 0.348 e. The SMILES string of the molecule is O=C(O)C=NN1CC(=O)N2Cc3[nH]c4ccccc4c3C[C@H]2C1=O. The molecule has 122 valence electrons. The van der Waals surface area contributed by atoms with Gasteiger partial charge in [0.2, 0.25) is 5.91 Å². The zero-order chi connectivity index (χ0) is 16.8. The Bertz CT molecular complexity index is 901. The largest absolute Gasteiger partial charge is 0.477 e. The second-order valence-electron chi connectivity index (χ2n) is 5.85. The number of aromatic nitrogens is 1. The van der Waals surface area contributed by atoms with Gasteiger partial charge in [-0.25, -0.2) is 9.80 Å². The van der Waals surface area contributed by atoms with Gasteiger partial charge in [-0.1, -0.05) is 18.2 Å². The molecule has 3 heterocycles. The Morgan fingerprint density at radius 2 is 2.08 bits per heavy atom. The van der Waals surface area contributed by atoms with Gasteiger partial charge in [-0.2, -0.15) is 5.10 Å². The van der Waals surface area contributed by atoms with Crippen LogP contribution in [0.4, 0.5) is 0 Å². The summed E-state index contributed by atoms with van der Waals surface area (Å²) in [5, 5.41) is 14.3. The van der Waals surface area contributed by atoms with E-state index in [0.29, 0.717) is 19.2 Å². The average Bonchev–Trinajstić information content (AvgIpc) is 2.93. The summed E-state index contributed by atoms with van der Waals surface area (Å²) in [4.78, 5) is 40.4. The minimum absolute atomic E-state index is 0.241. The molecule has 2 aromatic rings. The standard InChI is InChI=1S/C16H14N4O4/c21-14-8-20(17-6-15(22)23)16(24)13-5-10-9-3-1-2-4-11(9)18-12(10)7-19(13)14/h1-4,6,13,18H,5,7-8H2,(H,22,23)/t13-/m0/s1. The number of hydrogen-bond donors (Lipinski definition) is 2. The average molecular weight is 326 g/mol. The number of aromatic amines is 1.